The standard InChI is InChI=1S/C14H21BrO/c1-10(2)13(15)7-6-12-9-11(3)5-8-14(12)16-4/h5,8-10,13H,6-7H2,1-4H3. The summed E-state index contributed by atoms with van der Waals surface area (Å²) < 4.78 is 5.38. The van der Waals surface area contributed by atoms with E-state index in [-0.39, 0.29) is 0 Å². The maximum absolute atomic E-state index is 5.38. The van der Waals surface area contributed by atoms with Gasteiger partial charge in [0.1, 0.15) is 5.75 Å². The van der Waals surface area contributed by atoms with Crippen LogP contribution >= 0.6 is 15.9 Å². The fourth-order valence-electron chi connectivity index (χ4n) is 1.73. The van der Waals surface area contributed by atoms with Crippen molar-refractivity contribution in [1.29, 1.82) is 0 Å². The first-order chi connectivity index (χ1) is 7.54. The van der Waals surface area contributed by atoms with E-state index in [0.29, 0.717) is 10.7 Å². The van der Waals surface area contributed by atoms with Gasteiger partial charge in [-0.3, -0.25) is 0 Å². The zero-order valence-electron chi connectivity index (χ0n) is 10.6. The summed E-state index contributed by atoms with van der Waals surface area (Å²) in [5.41, 5.74) is 2.61. The number of alkyl halides is 1. The Balaban J connectivity index is 2.68. The summed E-state index contributed by atoms with van der Waals surface area (Å²) in [6.45, 7) is 6.61. The second-order valence-electron chi connectivity index (χ2n) is 4.61. The van der Waals surface area contributed by atoms with E-state index < -0.39 is 0 Å². The van der Waals surface area contributed by atoms with Crippen molar-refractivity contribution in [3.05, 3.63) is 29.3 Å². The molecule has 0 aliphatic carbocycles. The monoisotopic (exact) mass is 284 g/mol. The molecule has 0 amide bonds. The molecule has 16 heavy (non-hydrogen) atoms. The Morgan fingerprint density at radius 1 is 1.31 bits per heavy atom. The summed E-state index contributed by atoms with van der Waals surface area (Å²) in [6.07, 6.45) is 2.22. The predicted molar refractivity (Wildman–Crippen MR) is 73.6 cm³/mol. The van der Waals surface area contributed by atoms with Gasteiger partial charge in [0.25, 0.3) is 0 Å². The average Bonchev–Trinajstić information content (AvgIpc) is 2.25. The molecule has 1 aromatic rings. The van der Waals surface area contributed by atoms with Gasteiger partial charge in [-0.25, -0.2) is 0 Å². The number of methoxy groups -OCH3 is 1. The summed E-state index contributed by atoms with van der Waals surface area (Å²) in [5, 5.41) is 0. The highest BCUT2D eigenvalue weighted by atomic mass is 79.9. The third kappa shape index (κ3) is 3.82. The number of hydrogen-bond donors (Lipinski definition) is 0. The van der Waals surface area contributed by atoms with Crippen LogP contribution in [-0.2, 0) is 6.42 Å². The van der Waals surface area contributed by atoms with Gasteiger partial charge < -0.3 is 4.74 Å². The summed E-state index contributed by atoms with van der Waals surface area (Å²) >= 11 is 3.72. The molecule has 1 aromatic carbocycles. The van der Waals surface area contributed by atoms with Crippen molar-refractivity contribution in [1.82, 2.24) is 0 Å². The highest BCUT2D eigenvalue weighted by molar-refractivity contribution is 9.09. The Hall–Kier alpha value is -0.500. The lowest BCUT2D eigenvalue weighted by Gasteiger charge is -2.15. The molecule has 0 heterocycles. The lowest BCUT2D eigenvalue weighted by Crippen LogP contribution is -2.08. The van der Waals surface area contributed by atoms with E-state index in [0.717, 1.165) is 18.6 Å². The Labute approximate surface area is 107 Å². The van der Waals surface area contributed by atoms with E-state index in [9.17, 15) is 0 Å². The quantitative estimate of drug-likeness (QED) is 0.730. The number of aryl methyl sites for hydroxylation is 2. The minimum Gasteiger partial charge on any atom is -0.496 e. The van der Waals surface area contributed by atoms with Gasteiger partial charge in [0.05, 0.1) is 7.11 Å². The van der Waals surface area contributed by atoms with Crippen LogP contribution in [0.3, 0.4) is 0 Å². The summed E-state index contributed by atoms with van der Waals surface area (Å²) in [7, 11) is 1.74. The Bertz CT molecular complexity index is 334. The maximum Gasteiger partial charge on any atom is 0.122 e. The molecule has 1 nitrogen and oxygen atoms in total. The van der Waals surface area contributed by atoms with Crippen molar-refractivity contribution < 1.29 is 4.74 Å². The van der Waals surface area contributed by atoms with Crippen LogP contribution in [0.1, 0.15) is 31.4 Å². The minimum absolute atomic E-state index is 0.581. The van der Waals surface area contributed by atoms with Crippen molar-refractivity contribution >= 4 is 15.9 Å². The Morgan fingerprint density at radius 2 is 2.00 bits per heavy atom. The van der Waals surface area contributed by atoms with Crippen LogP contribution in [0.4, 0.5) is 0 Å². The number of hydrogen-bond acceptors (Lipinski definition) is 1. The largest absolute Gasteiger partial charge is 0.496 e. The molecule has 0 radical (unpaired) electrons. The molecule has 1 rings (SSSR count). The van der Waals surface area contributed by atoms with Crippen molar-refractivity contribution in [3.8, 4) is 5.75 Å². The average molecular weight is 285 g/mol. The smallest absolute Gasteiger partial charge is 0.122 e. The van der Waals surface area contributed by atoms with Crippen LogP contribution in [0.5, 0.6) is 5.75 Å². The van der Waals surface area contributed by atoms with Gasteiger partial charge in [0.2, 0.25) is 0 Å². The summed E-state index contributed by atoms with van der Waals surface area (Å²) in [4.78, 5) is 0.581. The third-order valence-electron chi connectivity index (χ3n) is 2.85. The van der Waals surface area contributed by atoms with E-state index in [1.807, 2.05) is 0 Å². The second-order valence-corrected chi connectivity index (χ2v) is 5.79. The topological polar surface area (TPSA) is 9.23 Å². The van der Waals surface area contributed by atoms with E-state index in [2.05, 4.69) is 54.9 Å². The van der Waals surface area contributed by atoms with Crippen molar-refractivity contribution in [2.24, 2.45) is 5.92 Å². The van der Waals surface area contributed by atoms with Gasteiger partial charge in [0.15, 0.2) is 0 Å². The fourth-order valence-corrected chi connectivity index (χ4v) is 1.96. The van der Waals surface area contributed by atoms with Gasteiger partial charge in [-0.05, 0) is 37.3 Å². The zero-order valence-corrected chi connectivity index (χ0v) is 12.2. The number of benzene rings is 1. The van der Waals surface area contributed by atoms with Crippen LogP contribution in [-0.4, -0.2) is 11.9 Å². The highest BCUT2D eigenvalue weighted by Gasteiger charge is 2.11. The van der Waals surface area contributed by atoms with Crippen LogP contribution in [0, 0.1) is 12.8 Å². The van der Waals surface area contributed by atoms with E-state index >= 15 is 0 Å². The maximum atomic E-state index is 5.38. The number of halogens is 1. The molecule has 0 aromatic heterocycles. The van der Waals surface area contributed by atoms with Crippen molar-refractivity contribution in [2.45, 2.75) is 38.4 Å². The molecule has 0 fully saturated rings. The molecule has 0 aliphatic heterocycles. The SMILES string of the molecule is COc1ccc(C)cc1CCC(Br)C(C)C. The summed E-state index contributed by atoms with van der Waals surface area (Å²) in [6, 6.07) is 6.37. The first-order valence-electron chi connectivity index (χ1n) is 5.82. The molecule has 0 N–H and O–H groups in total. The Kier molecular flexibility index (Phi) is 5.33. The molecule has 2 heteroatoms. The lowest BCUT2D eigenvalue weighted by atomic mass is 10.0. The fraction of sp³-hybridized carbons (Fsp3) is 0.571. The second kappa shape index (κ2) is 6.29. The van der Waals surface area contributed by atoms with Gasteiger partial charge in [-0.15, -0.1) is 0 Å². The lowest BCUT2D eigenvalue weighted by molar-refractivity contribution is 0.408. The normalized spacial score (nSPS) is 12.9. The van der Waals surface area contributed by atoms with Crippen LogP contribution in [0.2, 0.25) is 0 Å². The summed E-state index contributed by atoms with van der Waals surface area (Å²) in [5.74, 6) is 1.69. The van der Waals surface area contributed by atoms with Gasteiger partial charge in [0, 0.05) is 4.83 Å². The van der Waals surface area contributed by atoms with Crippen molar-refractivity contribution in [3.63, 3.8) is 0 Å². The number of rotatable bonds is 5. The van der Waals surface area contributed by atoms with Gasteiger partial charge >= 0.3 is 0 Å². The van der Waals surface area contributed by atoms with Crippen LogP contribution < -0.4 is 4.74 Å². The Morgan fingerprint density at radius 3 is 2.56 bits per heavy atom. The molecule has 0 bridgehead atoms. The molecule has 90 valence electrons. The molecule has 0 saturated heterocycles. The highest BCUT2D eigenvalue weighted by Crippen LogP contribution is 2.24. The zero-order chi connectivity index (χ0) is 12.1. The van der Waals surface area contributed by atoms with Gasteiger partial charge in [-0.2, -0.15) is 0 Å². The molecular formula is C14H21BrO. The number of ether oxygens (including phenoxy) is 1. The molecule has 0 saturated carbocycles. The molecule has 0 aliphatic rings. The van der Waals surface area contributed by atoms with E-state index in [1.54, 1.807) is 7.11 Å². The molecule has 0 spiro atoms. The van der Waals surface area contributed by atoms with Crippen molar-refractivity contribution in [2.75, 3.05) is 7.11 Å². The predicted octanol–water partition coefficient (Wildman–Crippen LogP) is 4.36. The molecule has 1 unspecified atom stereocenters. The first kappa shape index (κ1) is 13.6. The van der Waals surface area contributed by atoms with Crippen LogP contribution in [0.15, 0.2) is 18.2 Å². The van der Waals surface area contributed by atoms with E-state index in [4.69, 9.17) is 4.74 Å². The molecule has 1 atom stereocenters. The van der Waals surface area contributed by atoms with Crippen LogP contribution in [0.25, 0.3) is 0 Å². The first-order valence-corrected chi connectivity index (χ1v) is 6.73. The van der Waals surface area contributed by atoms with Gasteiger partial charge in [-0.1, -0.05) is 47.5 Å². The third-order valence-corrected chi connectivity index (χ3v) is 4.36. The molecular weight excluding hydrogens is 264 g/mol. The minimum atomic E-state index is 0.581. The van der Waals surface area contributed by atoms with E-state index in [1.165, 1.54) is 11.1 Å².